The molecule has 1 amide bonds. The Balaban J connectivity index is 1.36. The largest absolute Gasteiger partial charge is 0.489 e. The summed E-state index contributed by atoms with van der Waals surface area (Å²) in [6, 6.07) is 19.0. The first kappa shape index (κ1) is 21.3. The molecule has 0 unspecified atom stereocenters. The highest BCUT2D eigenvalue weighted by atomic mass is 35.5. The van der Waals surface area contributed by atoms with Gasteiger partial charge in [0.2, 0.25) is 5.91 Å². The van der Waals surface area contributed by atoms with E-state index in [0.29, 0.717) is 34.7 Å². The molecule has 0 saturated carbocycles. The maximum Gasteiger partial charge on any atom is 0.226 e. The highest BCUT2D eigenvalue weighted by Gasteiger charge is 2.32. The minimum Gasteiger partial charge on any atom is -0.489 e. The van der Waals surface area contributed by atoms with Crippen LogP contribution >= 0.6 is 11.6 Å². The predicted molar refractivity (Wildman–Crippen MR) is 130 cm³/mol. The molecule has 6 rings (SSSR count). The van der Waals surface area contributed by atoms with E-state index in [1.54, 1.807) is 21.5 Å². The Morgan fingerprint density at radius 3 is 2.74 bits per heavy atom. The maximum absolute atomic E-state index is 12.8. The smallest absolute Gasteiger partial charge is 0.226 e. The summed E-state index contributed by atoms with van der Waals surface area (Å²) in [7, 11) is 0. The molecule has 0 bridgehead atoms. The molecule has 10 heteroatoms. The molecule has 0 saturated heterocycles. The number of aryl methyl sites for hydroxylation is 1. The van der Waals surface area contributed by atoms with Crippen LogP contribution in [0.4, 0.5) is 5.82 Å². The Hall–Kier alpha value is -4.24. The molecule has 0 radical (unpaired) electrons. The predicted octanol–water partition coefficient (Wildman–Crippen LogP) is 4.32. The Morgan fingerprint density at radius 2 is 1.89 bits per heavy atom. The third-order valence-corrected chi connectivity index (χ3v) is 6.30. The summed E-state index contributed by atoms with van der Waals surface area (Å²) in [6.07, 6.45) is 2.07. The van der Waals surface area contributed by atoms with Gasteiger partial charge in [-0.1, -0.05) is 41.9 Å². The molecule has 1 aliphatic heterocycles. The number of benzene rings is 2. The second-order valence-electron chi connectivity index (χ2n) is 8.33. The molecule has 1 aliphatic rings. The summed E-state index contributed by atoms with van der Waals surface area (Å²) in [5, 5.41) is 20.9. The molecule has 1 N–H and O–H groups in total. The average molecular weight is 486 g/mol. The molecule has 0 spiro atoms. The molecular weight excluding hydrogens is 466 g/mol. The van der Waals surface area contributed by atoms with Crippen molar-refractivity contribution in [2.24, 2.45) is 0 Å². The van der Waals surface area contributed by atoms with Gasteiger partial charge in [-0.05, 0) is 42.8 Å². The summed E-state index contributed by atoms with van der Waals surface area (Å²) in [5.74, 6) is 2.22. The van der Waals surface area contributed by atoms with Crippen molar-refractivity contribution in [3.05, 3.63) is 94.4 Å². The molecule has 0 aliphatic carbocycles. The van der Waals surface area contributed by atoms with Crippen LogP contribution in [-0.4, -0.2) is 35.5 Å². The first-order valence-corrected chi connectivity index (χ1v) is 11.5. The van der Waals surface area contributed by atoms with E-state index in [9.17, 15) is 4.79 Å². The van der Waals surface area contributed by atoms with Gasteiger partial charge in [0.25, 0.3) is 0 Å². The third-order valence-electron chi connectivity index (χ3n) is 6.04. The van der Waals surface area contributed by atoms with Crippen molar-refractivity contribution in [1.29, 1.82) is 0 Å². The number of para-hydroxylation sites is 1. The van der Waals surface area contributed by atoms with Crippen molar-refractivity contribution in [2.75, 3.05) is 5.32 Å². The lowest BCUT2D eigenvalue weighted by atomic mass is 9.87. The SMILES string of the molecule is Cc1nnc2ccc(-n3ncc4c3NC(=O)C[C@H]4c3ccccc3OCc3ccc(Cl)cc3)nn12. The van der Waals surface area contributed by atoms with Crippen molar-refractivity contribution in [2.45, 2.75) is 25.9 Å². The van der Waals surface area contributed by atoms with E-state index < -0.39 is 0 Å². The van der Waals surface area contributed by atoms with Gasteiger partial charge in [-0.15, -0.1) is 15.3 Å². The molecule has 1 atom stereocenters. The van der Waals surface area contributed by atoms with Crippen LogP contribution in [0, 0.1) is 6.92 Å². The van der Waals surface area contributed by atoms with Crippen LogP contribution in [-0.2, 0) is 11.4 Å². The fourth-order valence-electron chi connectivity index (χ4n) is 4.31. The minimum atomic E-state index is -0.214. The van der Waals surface area contributed by atoms with Gasteiger partial charge in [0.15, 0.2) is 17.3 Å². The minimum absolute atomic E-state index is 0.0988. The first-order valence-electron chi connectivity index (χ1n) is 11.1. The fourth-order valence-corrected chi connectivity index (χ4v) is 4.44. The van der Waals surface area contributed by atoms with Crippen LogP contribution in [0.15, 0.2) is 66.9 Å². The number of hydrogen-bond donors (Lipinski definition) is 1. The number of nitrogens with one attached hydrogen (secondary N) is 1. The topological polar surface area (TPSA) is 99.2 Å². The number of ether oxygens (including phenoxy) is 1. The number of carbonyl (C=O) groups is 1. The number of hydrogen-bond acceptors (Lipinski definition) is 6. The van der Waals surface area contributed by atoms with Crippen LogP contribution in [0.5, 0.6) is 5.75 Å². The second kappa shape index (κ2) is 8.52. The van der Waals surface area contributed by atoms with Crippen LogP contribution in [0.25, 0.3) is 11.5 Å². The van der Waals surface area contributed by atoms with Crippen molar-refractivity contribution < 1.29 is 9.53 Å². The fraction of sp³-hybridized carbons (Fsp3) is 0.160. The number of halogens is 1. The van der Waals surface area contributed by atoms with Crippen molar-refractivity contribution in [1.82, 2.24) is 29.6 Å². The zero-order chi connectivity index (χ0) is 23.9. The maximum atomic E-state index is 12.8. The van der Waals surface area contributed by atoms with Gasteiger partial charge in [-0.25, -0.2) is 0 Å². The number of anilines is 1. The van der Waals surface area contributed by atoms with E-state index >= 15 is 0 Å². The number of amides is 1. The van der Waals surface area contributed by atoms with Gasteiger partial charge in [-0.3, -0.25) is 4.79 Å². The molecular formula is C25H20ClN7O2. The monoisotopic (exact) mass is 485 g/mol. The van der Waals surface area contributed by atoms with Crippen LogP contribution in [0.2, 0.25) is 5.02 Å². The van der Waals surface area contributed by atoms with Gasteiger partial charge < -0.3 is 10.1 Å². The highest BCUT2D eigenvalue weighted by molar-refractivity contribution is 6.30. The van der Waals surface area contributed by atoms with E-state index in [4.69, 9.17) is 16.3 Å². The van der Waals surface area contributed by atoms with Crippen molar-refractivity contribution in [3.63, 3.8) is 0 Å². The lowest BCUT2D eigenvalue weighted by Crippen LogP contribution is -2.25. The quantitative estimate of drug-likeness (QED) is 0.398. The highest BCUT2D eigenvalue weighted by Crippen LogP contribution is 2.41. The first-order chi connectivity index (χ1) is 17.1. The third kappa shape index (κ3) is 3.89. The van der Waals surface area contributed by atoms with Crippen molar-refractivity contribution in [3.8, 4) is 11.6 Å². The van der Waals surface area contributed by atoms with Gasteiger partial charge in [0.1, 0.15) is 18.2 Å². The van der Waals surface area contributed by atoms with Crippen LogP contribution in [0.3, 0.4) is 0 Å². The normalized spacial score (nSPS) is 15.1. The van der Waals surface area contributed by atoms with E-state index in [2.05, 4.69) is 25.7 Å². The molecule has 35 heavy (non-hydrogen) atoms. The zero-order valence-electron chi connectivity index (χ0n) is 18.7. The van der Waals surface area contributed by atoms with E-state index in [-0.39, 0.29) is 18.2 Å². The van der Waals surface area contributed by atoms with E-state index in [1.807, 2.05) is 61.5 Å². The van der Waals surface area contributed by atoms with E-state index in [1.165, 1.54) is 0 Å². The Labute approximate surface area is 205 Å². The van der Waals surface area contributed by atoms with Gasteiger partial charge in [-0.2, -0.15) is 14.3 Å². The molecule has 174 valence electrons. The Kier molecular flexibility index (Phi) is 5.18. The van der Waals surface area contributed by atoms with Crippen molar-refractivity contribution >= 4 is 29.0 Å². The summed E-state index contributed by atoms with van der Waals surface area (Å²) in [5.41, 5.74) is 3.47. The molecule has 5 aromatic rings. The molecule has 2 aromatic carbocycles. The van der Waals surface area contributed by atoms with Gasteiger partial charge in [0.05, 0.1) is 6.20 Å². The lowest BCUT2D eigenvalue weighted by Gasteiger charge is -2.25. The molecule has 0 fully saturated rings. The van der Waals surface area contributed by atoms with Crippen LogP contribution < -0.4 is 10.1 Å². The molecule has 4 heterocycles. The zero-order valence-corrected chi connectivity index (χ0v) is 19.5. The number of fused-ring (bicyclic) bond motifs is 2. The van der Waals surface area contributed by atoms with Gasteiger partial charge in [0, 0.05) is 28.5 Å². The summed E-state index contributed by atoms with van der Waals surface area (Å²) in [4.78, 5) is 12.8. The number of nitrogens with zero attached hydrogens (tertiary/aromatic N) is 6. The summed E-state index contributed by atoms with van der Waals surface area (Å²) in [6.45, 7) is 2.22. The molecule has 3 aromatic heterocycles. The summed E-state index contributed by atoms with van der Waals surface area (Å²) >= 11 is 6.00. The van der Waals surface area contributed by atoms with E-state index in [0.717, 1.165) is 22.4 Å². The Morgan fingerprint density at radius 1 is 1.06 bits per heavy atom. The van der Waals surface area contributed by atoms with Crippen LogP contribution in [0.1, 0.15) is 34.9 Å². The Bertz CT molecular complexity index is 1560. The number of carbonyl (C=O) groups excluding carboxylic acids is 1. The number of aromatic nitrogens is 6. The standard InChI is InChI=1S/C25H20ClN7O2/c1-15-29-30-22-10-11-23(31-32(15)22)33-25-20(13-27-33)19(12-24(34)28-25)18-4-2-3-5-21(18)35-14-16-6-8-17(26)9-7-16/h2-11,13,19H,12,14H2,1H3,(H,28,34)/t19-/m0/s1. The van der Waals surface area contributed by atoms with Gasteiger partial charge >= 0.3 is 0 Å². The second-order valence-corrected chi connectivity index (χ2v) is 8.76. The average Bonchev–Trinajstić information content (AvgIpc) is 3.46. The molecule has 9 nitrogen and oxygen atoms in total. The number of rotatable bonds is 5. The summed E-state index contributed by atoms with van der Waals surface area (Å²) < 4.78 is 9.46. The lowest BCUT2D eigenvalue weighted by molar-refractivity contribution is -0.116.